The van der Waals surface area contributed by atoms with Crippen LogP contribution in [0.5, 0.6) is 11.5 Å². The largest absolute Gasteiger partial charge is 0.486 e. The number of carbonyl (C=O) groups is 2. The Kier molecular flexibility index (Phi) is 10.4. The predicted octanol–water partition coefficient (Wildman–Crippen LogP) is 3.96. The summed E-state index contributed by atoms with van der Waals surface area (Å²) in [5, 5.41) is 2.90. The molecule has 0 aromatic heterocycles. The van der Waals surface area contributed by atoms with Crippen LogP contribution in [0.1, 0.15) is 39.2 Å². The number of nitrogens with zero attached hydrogens (tertiary/aromatic N) is 2. The monoisotopic (exact) mass is 609 g/mol. The number of hydrogen-bond donors (Lipinski definition) is 1. The number of sulfonamides is 1. The Labute approximate surface area is 233 Å². The lowest BCUT2D eigenvalue weighted by Gasteiger charge is -2.30. The summed E-state index contributed by atoms with van der Waals surface area (Å²) in [5.74, 6) is 0.878. The Morgan fingerprint density at radius 1 is 1.05 bits per heavy atom. The van der Waals surface area contributed by atoms with Gasteiger partial charge >= 0.3 is 0 Å². The normalized spacial score (nSPS) is 13.6. The van der Waals surface area contributed by atoms with Crippen LogP contribution in [0.25, 0.3) is 0 Å². The standard InChI is InChI=1S/C27H36BrN3O6S/c1-19(2)17-29-27(33)20(3)30(18-21-7-5-8-22(28)15-21)26(32)9-6-12-31(38(4,34)35)23-10-11-24-25(16-23)37-14-13-36-24/h5,7-8,10-11,15-16,19-20H,6,9,12-14,17-18H2,1-4H3,(H,29,33). The predicted molar refractivity (Wildman–Crippen MR) is 151 cm³/mol. The number of nitrogens with one attached hydrogen (secondary N) is 1. The van der Waals surface area contributed by atoms with Gasteiger partial charge < -0.3 is 19.7 Å². The minimum atomic E-state index is -3.62. The third kappa shape index (κ3) is 8.36. The molecule has 1 aliphatic heterocycles. The number of rotatable bonds is 12. The molecule has 1 heterocycles. The van der Waals surface area contributed by atoms with E-state index in [0.29, 0.717) is 36.9 Å². The van der Waals surface area contributed by atoms with Crippen LogP contribution in [0, 0.1) is 5.92 Å². The summed E-state index contributed by atoms with van der Waals surface area (Å²) in [6, 6.07) is 11.9. The zero-order chi connectivity index (χ0) is 27.9. The van der Waals surface area contributed by atoms with Crippen LogP contribution in [0.3, 0.4) is 0 Å². The van der Waals surface area contributed by atoms with E-state index in [9.17, 15) is 18.0 Å². The molecule has 1 N–H and O–H groups in total. The van der Waals surface area contributed by atoms with E-state index >= 15 is 0 Å². The molecule has 0 spiro atoms. The van der Waals surface area contributed by atoms with E-state index < -0.39 is 16.1 Å². The van der Waals surface area contributed by atoms with Crippen molar-refractivity contribution in [3.05, 3.63) is 52.5 Å². The lowest BCUT2D eigenvalue weighted by Crippen LogP contribution is -2.48. The summed E-state index contributed by atoms with van der Waals surface area (Å²) < 4.78 is 38.5. The van der Waals surface area contributed by atoms with E-state index in [1.165, 1.54) is 4.31 Å². The number of hydrogen-bond acceptors (Lipinski definition) is 6. The smallest absolute Gasteiger partial charge is 0.242 e. The second-order valence-electron chi connectivity index (χ2n) is 9.73. The molecule has 0 saturated heterocycles. The number of amides is 2. The zero-order valence-electron chi connectivity index (χ0n) is 22.3. The Morgan fingerprint density at radius 2 is 1.76 bits per heavy atom. The van der Waals surface area contributed by atoms with E-state index in [2.05, 4.69) is 21.2 Å². The van der Waals surface area contributed by atoms with Crippen LogP contribution in [0.4, 0.5) is 5.69 Å². The molecule has 0 fully saturated rings. The first-order valence-electron chi connectivity index (χ1n) is 12.6. The van der Waals surface area contributed by atoms with Crippen molar-refractivity contribution >= 4 is 43.5 Å². The summed E-state index contributed by atoms with van der Waals surface area (Å²) in [6.07, 6.45) is 1.48. The summed E-state index contributed by atoms with van der Waals surface area (Å²) in [7, 11) is -3.62. The van der Waals surface area contributed by atoms with Gasteiger partial charge in [-0.05, 0) is 49.1 Å². The Bertz CT molecular complexity index is 1240. The highest BCUT2D eigenvalue weighted by molar-refractivity contribution is 9.10. The van der Waals surface area contributed by atoms with Gasteiger partial charge in [0.2, 0.25) is 21.8 Å². The molecule has 2 amide bonds. The highest BCUT2D eigenvalue weighted by Gasteiger charge is 2.27. The van der Waals surface area contributed by atoms with Gasteiger partial charge in [0.15, 0.2) is 11.5 Å². The summed E-state index contributed by atoms with van der Waals surface area (Å²) in [4.78, 5) is 27.8. The van der Waals surface area contributed by atoms with Gasteiger partial charge in [-0.2, -0.15) is 0 Å². The molecule has 38 heavy (non-hydrogen) atoms. The molecular formula is C27H36BrN3O6S. The van der Waals surface area contributed by atoms with Crippen molar-refractivity contribution in [2.24, 2.45) is 5.92 Å². The maximum atomic E-state index is 13.4. The third-order valence-electron chi connectivity index (χ3n) is 6.06. The third-order valence-corrected chi connectivity index (χ3v) is 7.75. The van der Waals surface area contributed by atoms with Gasteiger partial charge in [0.25, 0.3) is 0 Å². The maximum Gasteiger partial charge on any atom is 0.242 e. The van der Waals surface area contributed by atoms with E-state index in [1.54, 1.807) is 30.0 Å². The first-order valence-corrected chi connectivity index (χ1v) is 15.3. The van der Waals surface area contributed by atoms with Gasteiger partial charge in [-0.3, -0.25) is 13.9 Å². The second-order valence-corrected chi connectivity index (χ2v) is 12.6. The average molecular weight is 611 g/mol. The number of fused-ring (bicyclic) bond motifs is 1. The highest BCUT2D eigenvalue weighted by atomic mass is 79.9. The minimum absolute atomic E-state index is 0.0758. The van der Waals surface area contributed by atoms with Gasteiger partial charge in [-0.15, -0.1) is 0 Å². The quantitative estimate of drug-likeness (QED) is 0.390. The van der Waals surface area contributed by atoms with E-state index in [1.807, 2.05) is 38.1 Å². The zero-order valence-corrected chi connectivity index (χ0v) is 24.7. The van der Waals surface area contributed by atoms with Crippen molar-refractivity contribution in [1.29, 1.82) is 0 Å². The van der Waals surface area contributed by atoms with Crippen molar-refractivity contribution in [2.45, 2.75) is 46.2 Å². The fourth-order valence-electron chi connectivity index (χ4n) is 4.06. The molecule has 3 rings (SSSR count). The Morgan fingerprint density at radius 3 is 2.42 bits per heavy atom. The number of ether oxygens (including phenoxy) is 2. The number of benzene rings is 2. The van der Waals surface area contributed by atoms with Crippen molar-refractivity contribution in [3.63, 3.8) is 0 Å². The van der Waals surface area contributed by atoms with Crippen LogP contribution in [-0.2, 0) is 26.2 Å². The van der Waals surface area contributed by atoms with Gasteiger partial charge in [0.05, 0.1) is 11.9 Å². The molecule has 1 atom stereocenters. The fraction of sp³-hybridized carbons (Fsp3) is 0.481. The highest BCUT2D eigenvalue weighted by Crippen LogP contribution is 2.34. The van der Waals surface area contributed by atoms with Crippen LogP contribution in [-0.4, -0.2) is 63.7 Å². The van der Waals surface area contributed by atoms with Gasteiger partial charge in [-0.1, -0.05) is 41.9 Å². The second kappa shape index (κ2) is 13.3. The average Bonchev–Trinajstić information content (AvgIpc) is 2.86. The van der Waals surface area contributed by atoms with E-state index in [-0.39, 0.29) is 43.7 Å². The lowest BCUT2D eigenvalue weighted by molar-refractivity contribution is -0.140. The topological polar surface area (TPSA) is 105 Å². The van der Waals surface area contributed by atoms with Crippen LogP contribution < -0.4 is 19.1 Å². The van der Waals surface area contributed by atoms with Gasteiger partial charge in [0.1, 0.15) is 19.3 Å². The molecule has 2 aromatic rings. The molecule has 0 aliphatic carbocycles. The molecule has 9 nitrogen and oxygen atoms in total. The van der Waals surface area contributed by atoms with E-state index in [0.717, 1.165) is 16.3 Å². The molecule has 1 aliphatic rings. The van der Waals surface area contributed by atoms with Gasteiger partial charge in [0, 0.05) is 36.6 Å². The van der Waals surface area contributed by atoms with Crippen LogP contribution in [0.2, 0.25) is 0 Å². The van der Waals surface area contributed by atoms with E-state index in [4.69, 9.17) is 9.47 Å². The van der Waals surface area contributed by atoms with Gasteiger partial charge in [-0.25, -0.2) is 8.42 Å². The fourth-order valence-corrected chi connectivity index (χ4v) is 5.46. The molecule has 11 heteroatoms. The van der Waals surface area contributed by atoms with Crippen molar-refractivity contribution in [3.8, 4) is 11.5 Å². The SMILES string of the molecule is CC(C)CNC(=O)C(C)N(Cc1cccc(Br)c1)C(=O)CCCN(c1ccc2c(c1)OCCO2)S(C)(=O)=O. The molecule has 1 unspecified atom stereocenters. The molecule has 208 valence electrons. The molecule has 0 saturated carbocycles. The first-order chi connectivity index (χ1) is 18.0. The first kappa shape index (κ1) is 29.8. The Balaban J connectivity index is 1.73. The number of anilines is 1. The van der Waals surface area contributed by atoms with Crippen LogP contribution >= 0.6 is 15.9 Å². The molecule has 0 bridgehead atoms. The molecular weight excluding hydrogens is 574 g/mol. The summed E-state index contributed by atoms with van der Waals surface area (Å²) >= 11 is 3.46. The molecule has 0 radical (unpaired) electrons. The number of halogens is 1. The lowest BCUT2D eigenvalue weighted by atomic mass is 10.1. The summed E-state index contributed by atoms with van der Waals surface area (Å²) in [6.45, 7) is 7.42. The minimum Gasteiger partial charge on any atom is -0.486 e. The number of carbonyl (C=O) groups excluding carboxylic acids is 2. The van der Waals surface area contributed by atoms with Crippen LogP contribution in [0.15, 0.2) is 46.9 Å². The molecule has 2 aromatic carbocycles. The van der Waals surface area contributed by atoms with Crippen molar-refractivity contribution < 1.29 is 27.5 Å². The maximum absolute atomic E-state index is 13.4. The van der Waals surface area contributed by atoms with Crippen molar-refractivity contribution in [1.82, 2.24) is 10.2 Å². The van der Waals surface area contributed by atoms with Crippen molar-refractivity contribution in [2.75, 3.05) is 36.9 Å². The Hall–Kier alpha value is -2.79. The summed E-state index contributed by atoms with van der Waals surface area (Å²) in [5.41, 5.74) is 1.32.